The topological polar surface area (TPSA) is 99.0 Å². The lowest BCUT2D eigenvalue weighted by Crippen LogP contribution is -2.13. The molecule has 0 aliphatic heterocycles. The molecule has 138 valence electrons. The molecule has 3 aromatic rings. The number of nitriles is 2. The van der Waals surface area contributed by atoms with Gasteiger partial charge in [0.15, 0.2) is 0 Å². The van der Waals surface area contributed by atoms with Crippen LogP contribution in [0.4, 0.5) is 5.00 Å². The first-order chi connectivity index (χ1) is 13.6. The molecule has 28 heavy (non-hydrogen) atoms. The number of hydrogen-bond donors (Lipinski definition) is 1. The first-order valence-corrected chi connectivity index (χ1v) is 9.64. The minimum Gasteiger partial charge on any atom is -0.486 e. The van der Waals surface area contributed by atoms with Gasteiger partial charge in [0.05, 0.1) is 5.56 Å². The molecule has 1 amide bonds. The number of carbonyl (C=O) groups excluding carboxylic acids is 1. The van der Waals surface area contributed by atoms with Gasteiger partial charge < -0.3 is 14.5 Å². The van der Waals surface area contributed by atoms with Gasteiger partial charge in [0.1, 0.15) is 46.6 Å². The average molecular weight is 454 g/mol. The van der Waals surface area contributed by atoms with Gasteiger partial charge in [0, 0.05) is 10.5 Å². The molecule has 0 aliphatic rings. The quantitative estimate of drug-likeness (QED) is 0.413. The molecule has 0 saturated carbocycles. The number of halogens is 1. The summed E-state index contributed by atoms with van der Waals surface area (Å²) >= 11 is 4.57. The highest BCUT2D eigenvalue weighted by Crippen LogP contribution is 2.23. The van der Waals surface area contributed by atoms with Crippen molar-refractivity contribution in [2.24, 2.45) is 0 Å². The van der Waals surface area contributed by atoms with Gasteiger partial charge in [-0.1, -0.05) is 15.9 Å². The minimum absolute atomic E-state index is 0.132. The number of thiophene rings is 1. The molecule has 0 atom stereocenters. The highest BCUT2D eigenvalue weighted by molar-refractivity contribution is 9.10. The molecule has 6 nitrogen and oxygen atoms in total. The van der Waals surface area contributed by atoms with Crippen LogP contribution in [-0.2, 0) is 11.4 Å². The maximum absolute atomic E-state index is 12.3. The first-order valence-electron chi connectivity index (χ1n) is 7.97. The molecule has 0 bridgehead atoms. The van der Waals surface area contributed by atoms with Crippen molar-refractivity contribution in [3.8, 4) is 17.9 Å². The lowest BCUT2D eigenvalue weighted by Gasteiger charge is -2.03. The molecule has 0 unspecified atom stereocenters. The number of anilines is 1. The molecular weight excluding hydrogens is 442 g/mol. The Morgan fingerprint density at radius 2 is 2.00 bits per heavy atom. The Labute approximate surface area is 173 Å². The van der Waals surface area contributed by atoms with Crippen molar-refractivity contribution in [1.82, 2.24) is 0 Å². The lowest BCUT2D eigenvalue weighted by atomic mass is 10.2. The Kier molecular flexibility index (Phi) is 6.28. The molecule has 3 rings (SSSR count). The first kappa shape index (κ1) is 19.4. The maximum Gasteiger partial charge on any atom is 0.267 e. The summed E-state index contributed by atoms with van der Waals surface area (Å²) in [6.45, 7) is 0.213. The Morgan fingerprint density at radius 1 is 1.21 bits per heavy atom. The highest BCUT2D eigenvalue weighted by Gasteiger charge is 2.14. The van der Waals surface area contributed by atoms with Crippen molar-refractivity contribution in [3.05, 3.63) is 75.0 Å². The number of amides is 1. The predicted molar refractivity (Wildman–Crippen MR) is 108 cm³/mol. The number of nitrogens with zero attached hydrogens (tertiary/aromatic N) is 2. The second-order valence-electron chi connectivity index (χ2n) is 5.45. The highest BCUT2D eigenvalue weighted by atomic mass is 79.9. The fraction of sp³-hybridized carbons (Fsp3) is 0.0500. The van der Waals surface area contributed by atoms with Crippen molar-refractivity contribution in [2.45, 2.75) is 6.61 Å². The molecule has 0 fully saturated rings. The van der Waals surface area contributed by atoms with Crippen LogP contribution in [0.15, 0.2) is 62.3 Å². The molecule has 8 heteroatoms. The third kappa shape index (κ3) is 4.89. The molecule has 2 aromatic heterocycles. The smallest absolute Gasteiger partial charge is 0.267 e. The summed E-state index contributed by atoms with van der Waals surface area (Å²) in [4.78, 5) is 12.3. The molecule has 1 N–H and O–H groups in total. The Bertz CT molecular complexity index is 1100. The number of ether oxygens (including phenoxy) is 1. The molecule has 0 aliphatic carbocycles. The second-order valence-corrected chi connectivity index (χ2v) is 7.28. The second kappa shape index (κ2) is 9.05. The van der Waals surface area contributed by atoms with Crippen LogP contribution in [0.1, 0.15) is 17.1 Å². The predicted octanol–water partition coefficient (Wildman–Crippen LogP) is 5.10. The Morgan fingerprint density at radius 3 is 2.71 bits per heavy atom. The molecule has 0 saturated heterocycles. The van der Waals surface area contributed by atoms with Crippen LogP contribution in [0, 0.1) is 22.7 Å². The number of hydrogen-bond acceptors (Lipinski definition) is 6. The van der Waals surface area contributed by atoms with E-state index in [-0.39, 0.29) is 12.2 Å². The van der Waals surface area contributed by atoms with E-state index in [9.17, 15) is 10.1 Å². The van der Waals surface area contributed by atoms with Crippen LogP contribution in [0.25, 0.3) is 6.08 Å². The summed E-state index contributed by atoms with van der Waals surface area (Å²) < 4.78 is 12.2. The van der Waals surface area contributed by atoms with E-state index in [0.29, 0.717) is 27.8 Å². The van der Waals surface area contributed by atoms with E-state index in [0.717, 1.165) is 4.47 Å². The van der Waals surface area contributed by atoms with E-state index in [1.165, 1.54) is 17.4 Å². The number of nitrogens with one attached hydrogen (secondary N) is 1. The SMILES string of the molecule is N#C/C(=C\c1ccc(COc2ccc(Br)cc2)o1)C(=O)Nc1sccc1C#N. The van der Waals surface area contributed by atoms with Gasteiger partial charge in [-0.15, -0.1) is 11.3 Å². The number of rotatable bonds is 6. The summed E-state index contributed by atoms with van der Waals surface area (Å²) in [6, 6.07) is 16.2. The van der Waals surface area contributed by atoms with E-state index >= 15 is 0 Å². The molecule has 0 spiro atoms. The van der Waals surface area contributed by atoms with Crippen LogP contribution in [0.5, 0.6) is 5.75 Å². The number of carbonyl (C=O) groups is 1. The summed E-state index contributed by atoms with van der Waals surface area (Å²) in [7, 11) is 0. The largest absolute Gasteiger partial charge is 0.486 e. The average Bonchev–Trinajstić information content (AvgIpc) is 3.34. The van der Waals surface area contributed by atoms with E-state index < -0.39 is 5.91 Å². The summed E-state index contributed by atoms with van der Waals surface area (Å²) in [5.41, 5.74) is 0.216. The van der Waals surface area contributed by atoms with Gasteiger partial charge in [0.25, 0.3) is 5.91 Å². The zero-order valence-corrected chi connectivity index (χ0v) is 16.7. The van der Waals surface area contributed by atoms with Crippen LogP contribution >= 0.6 is 27.3 Å². The third-order valence-electron chi connectivity index (χ3n) is 3.54. The van der Waals surface area contributed by atoms with Crippen LogP contribution in [0.2, 0.25) is 0 Å². The van der Waals surface area contributed by atoms with Gasteiger partial charge in [-0.2, -0.15) is 10.5 Å². The van der Waals surface area contributed by atoms with Crippen LogP contribution in [-0.4, -0.2) is 5.91 Å². The fourth-order valence-corrected chi connectivity index (χ4v) is 3.19. The van der Waals surface area contributed by atoms with Gasteiger partial charge >= 0.3 is 0 Å². The number of furan rings is 1. The lowest BCUT2D eigenvalue weighted by molar-refractivity contribution is -0.112. The van der Waals surface area contributed by atoms with E-state index in [1.807, 2.05) is 36.4 Å². The third-order valence-corrected chi connectivity index (χ3v) is 4.90. The summed E-state index contributed by atoms with van der Waals surface area (Å²) in [5.74, 6) is 0.994. The van der Waals surface area contributed by atoms with E-state index in [1.54, 1.807) is 23.6 Å². The van der Waals surface area contributed by atoms with Crippen molar-refractivity contribution >= 4 is 44.3 Å². The number of benzene rings is 1. The molecular formula is C20H12BrN3O3S. The van der Waals surface area contributed by atoms with E-state index in [2.05, 4.69) is 21.2 Å². The monoisotopic (exact) mass is 453 g/mol. The fourth-order valence-electron chi connectivity index (χ4n) is 2.19. The summed E-state index contributed by atoms with van der Waals surface area (Å²) in [6.07, 6.45) is 1.35. The van der Waals surface area contributed by atoms with Crippen molar-refractivity contribution in [2.75, 3.05) is 5.32 Å². The van der Waals surface area contributed by atoms with Crippen LogP contribution < -0.4 is 10.1 Å². The van der Waals surface area contributed by atoms with Crippen LogP contribution in [0.3, 0.4) is 0 Å². The Hall–Kier alpha value is -3.33. The zero-order chi connectivity index (χ0) is 19.9. The van der Waals surface area contributed by atoms with Gasteiger partial charge in [-0.25, -0.2) is 0 Å². The van der Waals surface area contributed by atoms with Gasteiger partial charge in [-0.3, -0.25) is 4.79 Å². The van der Waals surface area contributed by atoms with Gasteiger partial charge in [0.2, 0.25) is 0 Å². The molecule has 0 radical (unpaired) electrons. The summed E-state index contributed by atoms with van der Waals surface area (Å²) in [5, 5.41) is 22.9. The van der Waals surface area contributed by atoms with Crippen molar-refractivity contribution < 1.29 is 13.9 Å². The maximum atomic E-state index is 12.3. The standard InChI is InChI=1S/C20H12BrN3O3S/c21-15-1-3-16(4-2-15)26-12-18-6-5-17(27-18)9-14(11-23)19(25)24-20-13(10-22)7-8-28-20/h1-9H,12H2,(H,24,25)/b14-9+. The zero-order valence-electron chi connectivity index (χ0n) is 14.3. The van der Waals surface area contributed by atoms with Gasteiger partial charge in [-0.05, 0) is 47.8 Å². The molecule has 1 aromatic carbocycles. The van der Waals surface area contributed by atoms with E-state index in [4.69, 9.17) is 14.4 Å². The van der Waals surface area contributed by atoms with Crippen molar-refractivity contribution in [3.63, 3.8) is 0 Å². The normalized spacial score (nSPS) is 10.8. The minimum atomic E-state index is -0.606. The molecule has 2 heterocycles. The Balaban J connectivity index is 1.66. The van der Waals surface area contributed by atoms with Crippen molar-refractivity contribution in [1.29, 1.82) is 10.5 Å².